The molecule has 1 fully saturated rings. The maximum atomic E-state index is 13.4. The van der Waals surface area contributed by atoms with Crippen LogP contribution in [0.5, 0.6) is 11.5 Å². The number of aromatic hydroxyl groups is 1. The molecule has 4 rings (SSSR count). The van der Waals surface area contributed by atoms with Crippen LogP contribution in [0.3, 0.4) is 0 Å². The average Bonchev–Trinajstić information content (AvgIpc) is 3.15. The third-order valence-electron chi connectivity index (χ3n) is 6.48. The number of rotatable bonds is 6. The largest absolute Gasteiger partial charge is 0.507 e. The van der Waals surface area contributed by atoms with E-state index >= 15 is 0 Å². The summed E-state index contributed by atoms with van der Waals surface area (Å²) < 4.78 is 5.45. The fourth-order valence-corrected chi connectivity index (χ4v) is 4.68. The van der Waals surface area contributed by atoms with Crippen LogP contribution in [0.15, 0.2) is 66.2 Å². The van der Waals surface area contributed by atoms with Crippen LogP contribution in [-0.4, -0.2) is 29.0 Å². The number of aryl methyl sites for hydroxylation is 1. The van der Waals surface area contributed by atoms with Gasteiger partial charge in [0.15, 0.2) is 0 Å². The van der Waals surface area contributed by atoms with E-state index in [1.807, 2.05) is 32.9 Å². The van der Waals surface area contributed by atoms with E-state index in [0.717, 1.165) is 17.5 Å². The van der Waals surface area contributed by atoms with Crippen molar-refractivity contribution in [3.8, 4) is 11.5 Å². The van der Waals surface area contributed by atoms with Crippen molar-refractivity contribution in [3.05, 3.63) is 93.5 Å². The van der Waals surface area contributed by atoms with Crippen molar-refractivity contribution in [1.29, 1.82) is 0 Å². The zero-order chi connectivity index (χ0) is 26.1. The minimum atomic E-state index is -0.944. The number of aliphatic hydroxyl groups excluding tert-OH is 1. The molecule has 186 valence electrons. The lowest BCUT2D eigenvalue weighted by Crippen LogP contribution is -2.29. The van der Waals surface area contributed by atoms with Crippen molar-refractivity contribution in [1.82, 2.24) is 0 Å². The Balaban J connectivity index is 1.95. The second-order valence-electron chi connectivity index (χ2n) is 9.01. The van der Waals surface area contributed by atoms with Crippen molar-refractivity contribution in [3.63, 3.8) is 0 Å². The number of phenols is 1. The minimum Gasteiger partial charge on any atom is -0.507 e. The zero-order valence-corrected chi connectivity index (χ0v) is 21.3. The van der Waals surface area contributed by atoms with Gasteiger partial charge >= 0.3 is 0 Å². The Labute approximate surface area is 215 Å². The van der Waals surface area contributed by atoms with Crippen molar-refractivity contribution in [2.24, 2.45) is 0 Å². The monoisotopic (exact) mass is 505 g/mol. The van der Waals surface area contributed by atoms with Crippen LogP contribution in [0.2, 0.25) is 5.02 Å². The summed E-state index contributed by atoms with van der Waals surface area (Å²) in [6, 6.07) is 16.1. The summed E-state index contributed by atoms with van der Waals surface area (Å²) in [6.45, 7) is 6.03. The molecule has 36 heavy (non-hydrogen) atoms. The van der Waals surface area contributed by atoms with Crippen molar-refractivity contribution >= 4 is 34.7 Å². The Morgan fingerprint density at radius 1 is 1.06 bits per heavy atom. The van der Waals surface area contributed by atoms with Gasteiger partial charge < -0.3 is 14.9 Å². The second kappa shape index (κ2) is 10.1. The fourth-order valence-electron chi connectivity index (χ4n) is 4.49. The number of carbonyl (C=O) groups is 2. The molecule has 0 saturated carbocycles. The molecule has 1 unspecified atom stereocenters. The molecule has 0 aliphatic carbocycles. The number of phenolic OH excluding ortho intramolecular Hbond substituents is 1. The van der Waals surface area contributed by atoms with E-state index in [4.69, 9.17) is 16.3 Å². The number of nitrogens with zero attached hydrogens (tertiary/aromatic N) is 1. The number of Topliss-reactive ketones (excluding diaryl/α,β-unsaturated/α-hetero) is 1. The molecule has 1 amide bonds. The standard InChI is InChI=1S/C29H28ClNO5/c1-5-17-6-10-20(11-7-17)31-26(18-8-12-23(32)22(30)15-18)25(28(34)29(31)35)27(33)19-9-13-24(36-4)21(14-19)16(2)3/h6-16,26,32-33H,5H2,1-4H3/b27-25-. The van der Waals surface area contributed by atoms with E-state index in [2.05, 4.69) is 0 Å². The number of anilines is 1. The Morgan fingerprint density at radius 3 is 2.33 bits per heavy atom. The normalized spacial score (nSPS) is 17.2. The number of hydrogen-bond donors (Lipinski definition) is 2. The molecule has 6 nitrogen and oxygen atoms in total. The molecule has 3 aromatic rings. The van der Waals surface area contributed by atoms with Gasteiger partial charge in [0, 0.05) is 11.3 Å². The van der Waals surface area contributed by atoms with Crippen LogP contribution in [0.25, 0.3) is 5.76 Å². The summed E-state index contributed by atoms with van der Waals surface area (Å²) in [4.78, 5) is 28.1. The van der Waals surface area contributed by atoms with E-state index in [9.17, 15) is 19.8 Å². The number of amides is 1. The molecule has 1 aliphatic rings. The molecule has 7 heteroatoms. The van der Waals surface area contributed by atoms with Crippen LogP contribution in [-0.2, 0) is 16.0 Å². The van der Waals surface area contributed by atoms with E-state index in [1.54, 1.807) is 43.5 Å². The Morgan fingerprint density at radius 2 is 1.75 bits per heavy atom. The van der Waals surface area contributed by atoms with Gasteiger partial charge in [-0.25, -0.2) is 0 Å². The first-order valence-corrected chi connectivity index (χ1v) is 12.1. The number of carbonyl (C=O) groups excluding carboxylic acids is 2. The maximum Gasteiger partial charge on any atom is 0.300 e. The number of ketones is 1. The number of methoxy groups -OCH3 is 1. The maximum absolute atomic E-state index is 13.4. The lowest BCUT2D eigenvalue weighted by molar-refractivity contribution is -0.132. The van der Waals surface area contributed by atoms with Gasteiger partial charge in [0.25, 0.3) is 11.7 Å². The number of ether oxygens (including phenoxy) is 1. The first kappa shape index (κ1) is 25.3. The van der Waals surface area contributed by atoms with E-state index < -0.39 is 17.7 Å². The summed E-state index contributed by atoms with van der Waals surface area (Å²) >= 11 is 6.20. The van der Waals surface area contributed by atoms with Crippen LogP contribution in [0.1, 0.15) is 55.0 Å². The summed E-state index contributed by atoms with van der Waals surface area (Å²) in [5, 5.41) is 21.5. The van der Waals surface area contributed by atoms with Gasteiger partial charge in [-0.1, -0.05) is 50.6 Å². The molecule has 2 N–H and O–H groups in total. The van der Waals surface area contributed by atoms with E-state index in [1.165, 1.54) is 17.0 Å². The molecular formula is C29H28ClNO5. The highest BCUT2D eigenvalue weighted by atomic mass is 35.5. The van der Waals surface area contributed by atoms with Gasteiger partial charge in [0.05, 0.1) is 23.7 Å². The Hall–Kier alpha value is -3.77. The first-order chi connectivity index (χ1) is 17.2. The predicted molar refractivity (Wildman–Crippen MR) is 141 cm³/mol. The van der Waals surface area contributed by atoms with Gasteiger partial charge in [-0.2, -0.15) is 0 Å². The molecule has 0 spiro atoms. The number of benzene rings is 3. The molecule has 1 saturated heterocycles. The molecule has 1 aliphatic heterocycles. The smallest absolute Gasteiger partial charge is 0.300 e. The predicted octanol–water partition coefficient (Wildman–Crippen LogP) is 6.37. The van der Waals surface area contributed by atoms with Crippen molar-refractivity contribution in [2.45, 2.75) is 39.2 Å². The van der Waals surface area contributed by atoms with Gasteiger partial charge in [-0.3, -0.25) is 14.5 Å². The highest BCUT2D eigenvalue weighted by Gasteiger charge is 2.47. The lowest BCUT2D eigenvalue weighted by Gasteiger charge is -2.26. The molecular weight excluding hydrogens is 478 g/mol. The van der Waals surface area contributed by atoms with Crippen molar-refractivity contribution < 1.29 is 24.5 Å². The van der Waals surface area contributed by atoms with Gasteiger partial charge in [-0.15, -0.1) is 0 Å². The first-order valence-electron chi connectivity index (χ1n) is 11.7. The zero-order valence-electron chi connectivity index (χ0n) is 20.6. The lowest BCUT2D eigenvalue weighted by atomic mass is 9.93. The highest BCUT2D eigenvalue weighted by molar-refractivity contribution is 6.51. The van der Waals surface area contributed by atoms with Gasteiger partial charge in [0.2, 0.25) is 0 Å². The van der Waals surface area contributed by atoms with E-state index in [-0.39, 0.29) is 28.0 Å². The topological polar surface area (TPSA) is 87.1 Å². The highest BCUT2D eigenvalue weighted by Crippen LogP contribution is 2.44. The average molecular weight is 506 g/mol. The number of hydrogen-bond acceptors (Lipinski definition) is 5. The molecule has 0 radical (unpaired) electrons. The minimum absolute atomic E-state index is 0.0544. The number of halogens is 1. The number of aliphatic hydroxyl groups is 1. The summed E-state index contributed by atoms with van der Waals surface area (Å²) in [5.74, 6) is -1.21. The Bertz CT molecular complexity index is 1360. The molecule has 0 bridgehead atoms. The molecule has 0 aromatic heterocycles. The van der Waals surface area contributed by atoms with Crippen LogP contribution in [0.4, 0.5) is 5.69 Å². The van der Waals surface area contributed by atoms with Gasteiger partial charge in [0.1, 0.15) is 17.3 Å². The molecule has 3 aromatic carbocycles. The third kappa shape index (κ3) is 4.44. The molecule has 1 atom stereocenters. The van der Waals surface area contributed by atoms with Crippen molar-refractivity contribution in [2.75, 3.05) is 12.0 Å². The summed E-state index contributed by atoms with van der Waals surface area (Å²) in [5.41, 5.74) is 3.28. The van der Waals surface area contributed by atoms with Gasteiger partial charge in [-0.05, 0) is 71.5 Å². The van der Waals surface area contributed by atoms with Crippen LogP contribution in [0, 0.1) is 0 Å². The van der Waals surface area contributed by atoms with Crippen LogP contribution >= 0.6 is 11.6 Å². The quantitative estimate of drug-likeness (QED) is 0.231. The Kier molecular flexibility index (Phi) is 7.09. The fraction of sp³-hybridized carbons (Fsp3) is 0.241. The third-order valence-corrected chi connectivity index (χ3v) is 6.78. The summed E-state index contributed by atoms with van der Waals surface area (Å²) in [6.07, 6.45) is 0.825. The van der Waals surface area contributed by atoms with E-state index in [0.29, 0.717) is 22.6 Å². The molecule has 1 heterocycles. The second-order valence-corrected chi connectivity index (χ2v) is 9.42. The summed E-state index contributed by atoms with van der Waals surface area (Å²) in [7, 11) is 1.57. The van der Waals surface area contributed by atoms with Crippen LogP contribution < -0.4 is 9.64 Å². The SMILES string of the molecule is CCc1ccc(N2C(=O)C(=O)/C(=C(\O)c3ccc(OC)c(C(C)C)c3)C2c2ccc(O)c(Cl)c2)cc1.